The Balaban J connectivity index is 0.00000264. The Bertz CT molecular complexity index is 1410. The molecular weight excluding hydrogens is 593 g/mol. The summed E-state index contributed by atoms with van der Waals surface area (Å²) in [6.07, 6.45) is 6.05. The quantitative estimate of drug-likeness (QED) is 0.0997. The van der Waals surface area contributed by atoms with E-state index in [1.807, 2.05) is 47.4 Å². The molecule has 12 heteroatoms. The van der Waals surface area contributed by atoms with Crippen molar-refractivity contribution in [2.45, 2.75) is 39.8 Å². The number of azo groups is 2. The van der Waals surface area contributed by atoms with Crippen LogP contribution in [0.15, 0.2) is 80.0 Å². The van der Waals surface area contributed by atoms with Crippen LogP contribution >= 0.6 is 22.7 Å². The van der Waals surface area contributed by atoms with Gasteiger partial charge in [-0.15, -0.1) is 0 Å². The summed E-state index contributed by atoms with van der Waals surface area (Å²) in [4.78, 5) is 4.82. The van der Waals surface area contributed by atoms with E-state index in [2.05, 4.69) is 65.4 Å². The van der Waals surface area contributed by atoms with Gasteiger partial charge in [-0.05, 0) is 83.9 Å². The van der Waals surface area contributed by atoms with Gasteiger partial charge in [0.15, 0.2) is 0 Å². The maximum atomic E-state index is 5.79. The van der Waals surface area contributed by atoms with Crippen molar-refractivity contribution >= 4 is 55.7 Å². The van der Waals surface area contributed by atoms with Crippen LogP contribution in [-0.4, -0.2) is 40.4 Å². The van der Waals surface area contributed by atoms with Crippen molar-refractivity contribution in [3.05, 3.63) is 74.4 Å². The molecule has 2 aromatic carbocycles. The fourth-order valence-corrected chi connectivity index (χ4v) is 6.51. The number of aryl methyl sites for hydroxylation is 2. The van der Waals surface area contributed by atoms with Crippen LogP contribution < -0.4 is 28.4 Å². The lowest BCUT2D eigenvalue weighted by Crippen LogP contribution is -2.37. The molecule has 2 aromatic heterocycles. The molecule has 3 heterocycles. The van der Waals surface area contributed by atoms with Gasteiger partial charge in [0, 0.05) is 49.1 Å². The van der Waals surface area contributed by atoms with Crippen molar-refractivity contribution in [3.63, 3.8) is 0 Å². The summed E-state index contributed by atoms with van der Waals surface area (Å²) in [5.41, 5.74) is 3.74. The van der Waals surface area contributed by atoms with Crippen LogP contribution in [0.25, 0.3) is 0 Å². The number of rotatable bonds is 10. The zero-order valence-corrected chi connectivity index (χ0v) is 28.3. The molecular formula is C32H44N8O2S2. The summed E-state index contributed by atoms with van der Waals surface area (Å²) < 4.78 is 15.7. The number of hydrogen-bond acceptors (Lipinski definition) is 10. The van der Waals surface area contributed by atoms with Gasteiger partial charge >= 0.3 is 10.3 Å². The van der Waals surface area contributed by atoms with Crippen LogP contribution in [0.1, 0.15) is 26.7 Å². The number of methoxy groups -OCH3 is 2. The topological polar surface area (TPSA) is 82.1 Å². The molecule has 1 aliphatic heterocycles. The lowest BCUT2D eigenvalue weighted by atomic mass is 10.1. The average Bonchev–Trinajstić information content (AvgIpc) is 3.68. The van der Waals surface area contributed by atoms with Gasteiger partial charge in [-0.1, -0.05) is 0 Å². The van der Waals surface area contributed by atoms with Gasteiger partial charge in [0.2, 0.25) is 0 Å². The Morgan fingerprint density at radius 2 is 1.07 bits per heavy atom. The van der Waals surface area contributed by atoms with Crippen LogP contribution in [0, 0.1) is 14.9 Å². The van der Waals surface area contributed by atoms with Crippen molar-refractivity contribution < 1.29 is 18.6 Å². The standard InChI is InChI=1S/C30H38N8O2S2.2CH3/c1-5-35-17-19-41-29(35)33-31-23-9-11-25(27(21-23)39-3)37-13-7-15-38(16-8-14-37)26-12-10-24(22-28(26)40-4)32-34-30-36(6-2)18-20-42-30;;/h9-12,17-22H,5-8,13-16H2,1-4H3;2*1H3/q+2;2*-1. The first-order valence-electron chi connectivity index (χ1n) is 14.3. The highest BCUT2D eigenvalue weighted by Crippen LogP contribution is 2.36. The summed E-state index contributed by atoms with van der Waals surface area (Å²) >= 11 is 3.16. The van der Waals surface area contributed by atoms with E-state index in [0.717, 1.165) is 96.6 Å². The highest BCUT2D eigenvalue weighted by atomic mass is 32.1. The number of benzene rings is 2. The SMILES string of the molecule is CC[n+]1ccsc1N=Nc1ccc(N2CCCN(c3ccc(N=Nc4scc[n+]4CC)cc3OC)CCC2)c(OC)c1.[CH3-].[CH3-]. The normalized spacial score (nSPS) is 13.8. The molecule has 0 spiro atoms. The maximum absolute atomic E-state index is 5.79. The molecule has 0 unspecified atom stereocenters. The van der Waals surface area contributed by atoms with Crippen molar-refractivity contribution in [1.29, 1.82) is 0 Å². The maximum Gasteiger partial charge on any atom is 0.408 e. The number of nitrogens with zero attached hydrogens (tertiary/aromatic N) is 8. The number of thiazole rings is 2. The molecule has 0 bridgehead atoms. The van der Waals surface area contributed by atoms with E-state index in [1.165, 1.54) is 0 Å². The molecule has 5 rings (SSSR count). The molecule has 10 nitrogen and oxygen atoms in total. The minimum atomic E-state index is 0. The number of aromatic nitrogens is 2. The molecule has 236 valence electrons. The highest BCUT2D eigenvalue weighted by molar-refractivity contribution is 7.13. The largest absolute Gasteiger partial charge is 0.495 e. The minimum Gasteiger partial charge on any atom is -0.495 e. The van der Waals surface area contributed by atoms with Gasteiger partial charge in [0.1, 0.15) is 35.3 Å². The van der Waals surface area contributed by atoms with E-state index < -0.39 is 0 Å². The third kappa shape index (κ3) is 8.17. The molecule has 1 fully saturated rings. The van der Waals surface area contributed by atoms with Crippen LogP contribution in [0.3, 0.4) is 0 Å². The monoisotopic (exact) mass is 636 g/mol. The van der Waals surface area contributed by atoms with Gasteiger partial charge < -0.3 is 34.1 Å². The van der Waals surface area contributed by atoms with Crippen molar-refractivity contribution in [2.24, 2.45) is 20.5 Å². The Hall–Kier alpha value is -3.90. The Morgan fingerprint density at radius 1 is 0.659 bits per heavy atom. The van der Waals surface area contributed by atoms with Crippen molar-refractivity contribution in [1.82, 2.24) is 0 Å². The van der Waals surface area contributed by atoms with Gasteiger partial charge in [-0.25, -0.2) is 9.13 Å². The molecule has 1 aliphatic rings. The Labute approximate surface area is 269 Å². The van der Waals surface area contributed by atoms with Crippen LogP contribution in [0.2, 0.25) is 0 Å². The third-order valence-corrected chi connectivity index (χ3v) is 8.79. The summed E-state index contributed by atoms with van der Waals surface area (Å²) in [6, 6.07) is 12.2. The summed E-state index contributed by atoms with van der Waals surface area (Å²) in [5.74, 6) is 1.63. The second-order valence-corrected chi connectivity index (χ2v) is 11.5. The second-order valence-electron chi connectivity index (χ2n) is 9.74. The van der Waals surface area contributed by atoms with Crippen molar-refractivity contribution in [2.75, 3.05) is 50.2 Å². The van der Waals surface area contributed by atoms with Crippen LogP contribution in [0.5, 0.6) is 11.5 Å². The molecule has 44 heavy (non-hydrogen) atoms. The summed E-state index contributed by atoms with van der Waals surface area (Å²) in [7, 11) is 3.43. The van der Waals surface area contributed by atoms with Crippen molar-refractivity contribution in [3.8, 4) is 11.5 Å². The summed E-state index contributed by atoms with van der Waals surface area (Å²) in [6.45, 7) is 9.62. The summed E-state index contributed by atoms with van der Waals surface area (Å²) in [5, 5.41) is 23.6. The Kier molecular flexibility index (Phi) is 13.2. The lowest BCUT2D eigenvalue weighted by Gasteiger charge is -2.34. The van der Waals surface area contributed by atoms with Gasteiger partial charge in [-0.3, -0.25) is 0 Å². The molecule has 0 N–H and O–H groups in total. The molecule has 0 atom stereocenters. The fourth-order valence-electron chi connectivity index (χ4n) is 5.03. The van der Waals surface area contributed by atoms with E-state index in [1.54, 1.807) is 36.9 Å². The van der Waals surface area contributed by atoms with E-state index >= 15 is 0 Å². The number of hydrogen-bond donors (Lipinski definition) is 0. The first kappa shape index (κ1) is 34.6. The van der Waals surface area contributed by atoms with E-state index in [4.69, 9.17) is 9.47 Å². The highest BCUT2D eigenvalue weighted by Gasteiger charge is 2.20. The molecule has 0 amide bonds. The van der Waals surface area contributed by atoms with Gasteiger partial charge in [0.25, 0.3) is 0 Å². The second kappa shape index (κ2) is 16.8. The number of ether oxygens (including phenoxy) is 2. The van der Waals surface area contributed by atoms with E-state index in [0.29, 0.717) is 0 Å². The van der Waals surface area contributed by atoms with Gasteiger partial charge in [-0.2, -0.15) is 0 Å². The van der Waals surface area contributed by atoms with Gasteiger partial charge in [0.05, 0.1) is 48.9 Å². The van der Waals surface area contributed by atoms with E-state index in [-0.39, 0.29) is 14.9 Å². The molecule has 0 radical (unpaired) electrons. The average molecular weight is 637 g/mol. The number of anilines is 2. The minimum absolute atomic E-state index is 0. The molecule has 4 aromatic rings. The lowest BCUT2D eigenvalue weighted by molar-refractivity contribution is -0.677. The zero-order valence-electron chi connectivity index (χ0n) is 26.6. The first-order chi connectivity index (χ1) is 20.6. The fraction of sp³-hybridized carbons (Fsp3) is 0.375. The third-order valence-electron chi connectivity index (χ3n) is 7.22. The molecule has 0 aliphatic carbocycles. The van der Waals surface area contributed by atoms with Crippen LogP contribution in [-0.2, 0) is 13.1 Å². The molecule has 1 saturated heterocycles. The zero-order chi connectivity index (χ0) is 29.3. The van der Waals surface area contributed by atoms with E-state index in [9.17, 15) is 0 Å². The molecule has 0 saturated carbocycles. The Morgan fingerprint density at radius 3 is 1.43 bits per heavy atom. The smallest absolute Gasteiger partial charge is 0.408 e. The predicted molar refractivity (Wildman–Crippen MR) is 181 cm³/mol. The first-order valence-corrected chi connectivity index (χ1v) is 16.0. The predicted octanol–water partition coefficient (Wildman–Crippen LogP) is 8.28. The van der Waals surface area contributed by atoms with Crippen LogP contribution in [0.4, 0.5) is 33.0 Å².